The maximum atomic E-state index is 12.7. The number of hydrogen-bond acceptors (Lipinski definition) is 3. The van der Waals surface area contributed by atoms with Crippen molar-refractivity contribution in [3.8, 4) is 11.3 Å². The Balaban J connectivity index is 1.67. The lowest BCUT2D eigenvalue weighted by atomic mass is 10.1. The molecule has 4 nitrogen and oxygen atoms in total. The van der Waals surface area contributed by atoms with Crippen LogP contribution in [0.1, 0.15) is 21.7 Å². The fraction of sp³-hybridized carbons (Fsp3) is 0.0526. The quantitative estimate of drug-likeness (QED) is 0.408. The van der Waals surface area contributed by atoms with Gasteiger partial charge < -0.3 is 4.42 Å². The zero-order valence-electron chi connectivity index (χ0n) is 13.9. The Kier molecular flexibility index (Phi) is 5.76. The third-order valence-corrected chi connectivity index (χ3v) is 4.38. The zero-order chi connectivity index (χ0) is 20.3. The Morgan fingerprint density at radius 3 is 2.54 bits per heavy atom. The maximum Gasteiger partial charge on any atom is 0.416 e. The topological polar surface area (TPSA) is 54.6 Å². The van der Waals surface area contributed by atoms with E-state index in [1.165, 1.54) is 12.3 Å². The molecule has 0 fully saturated rings. The van der Waals surface area contributed by atoms with Gasteiger partial charge in [0.15, 0.2) is 0 Å². The number of benzene rings is 2. The predicted octanol–water partition coefficient (Wildman–Crippen LogP) is 6.04. The smallest absolute Gasteiger partial charge is 0.416 e. The van der Waals surface area contributed by atoms with E-state index in [4.69, 9.17) is 27.6 Å². The first-order valence-corrected chi connectivity index (χ1v) is 8.55. The Morgan fingerprint density at radius 2 is 1.82 bits per heavy atom. The first-order valence-electron chi connectivity index (χ1n) is 7.80. The Bertz CT molecular complexity index is 1050. The van der Waals surface area contributed by atoms with Gasteiger partial charge in [0.1, 0.15) is 11.5 Å². The largest absolute Gasteiger partial charge is 0.455 e. The van der Waals surface area contributed by atoms with Crippen molar-refractivity contribution in [1.29, 1.82) is 0 Å². The molecule has 0 aliphatic heterocycles. The fourth-order valence-electron chi connectivity index (χ4n) is 2.28. The molecule has 0 unspecified atom stereocenters. The summed E-state index contributed by atoms with van der Waals surface area (Å²) in [5, 5.41) is 4.49. The lowest BCUT2D eigenvalue weighted by molar-refractivity contribution is -0.137. The molecule has 0 aliphatic rings. The summed E-state index contributed by atoms with van der Waals surface area (Å²) in [4.78, 5) is 12.0. The van der Waals surface area contributed by atoms with Crippen LogP contribution in [0.25, 0.3) is 11.3 Å². The van der Waals surface area contributed by atoms with Crippen LogP contribution in [0.3, 0.4) is 0 Å². The van der Waals surface area contributed by atoms with E-state index in [2.05, 4.69) is 10.5 Å². The second kappa shape index (κ2) is 8.08. The van der Waals surface area contributed by atoms with Crippen LogP contribution in [0.4, 0.5) is 13.2 Å². The molecular formula is C19H11Cl2F3N2O2. The molecule has 2 aromatic carbocycles. The van der Waals surface area contributed by atoms with Gasteiger partial charge in [-0.05, 0) is 48.5 Å². The average molecular weight is 427 g/mol. The van der Waals surface area contributed by atoms with Crippen LogP contribution >= 0.6 is 23.2 Å². The van der Waals surface area contributed by atoms with Crippen molar-refractivity contribution in [3.05, 3.63) is 81.5 Å². The van der Waals surface area contributed by atoms with E-state index in [0.29, 0.717) is 27.1 Å². The molecule has 28 heavy (non-hydrogen) atoms. The number of rotatable bonds is 4. The molecule has 0 saturated heterocycles. The Hall–Kier alpha value is -2.77. The third-order valence-electron chi connectivity index (χ3n) is 3.64. The minimum atomic E-state index is -4.53. The minimum absolute atomic E-state index is 0.164. The normalized spacial score (nSPS) is 11.8. The molecule has 1 N–H and O–H groups in total. The first-order chi connectivity index (χ1) is 13.2. The number of nitrogens with one attached hydrogen (secondary N) is 1. The van der Waals surface area contributed by atoms with Gasteiger partial charge in [-0.1, -0.05) is 29.3 Å². The first kappa shape index (κ1) is 20.0. The second-order valence-electron chi connectivity index (χ2n) is 5.61. The number of hydrogen-bond donors (Lipinski definition) is 1. The Labute approximate surface area is 167 Å². The molecule has 0 bridgehead atoms. The summed E-state index contributed by atoms with van der Waals surface area (Å²) in [6.07, 6.45) is -3.30. The fourth-order valence-corrected chi connectivity index (χ4v) is 2.58. The SMILES string of the molecule is O=C(N/N=C\c1ccc(-c2ccc(Cl)c(Cl)c2)o1)c1cccc(C(F)(F)F)c1. The highest BCUT2D eigenvalue weighted by atomic mass is 35.5. The molecule has 3 aromatic rings. The monoisotopic (exact) mass is 426 g/mol. The van der Waals surface area contributed by atoms with Crippen LogP contribution < -0.4 is 5.43 Å². The molecule has 0 aliphatic carbocycles. The van der Waals surface area contributed by atoms with Crippen molar-refractivity contribution in [2.45, 2.75) is 6.18 Å². The van der Waals surface area contributed by atoms with Gasteiger partial charge in [-0.2, -0.15) is 18.3 Å². The summed E-state index contributed by atoms with van der Waals surface area (Å²) in [5.74, 6) is 0.0493. The number of hydrazone groups is 1. The lowest BCUT2D eigenvalue weighted by Gasteiger charge is -2.07. The molecule has 1 amide bonds. The lowest BCUT2D eigenvalue weighted by Crippen LogP contribution is -2.18. The molecule has 0 atom stereocenters. The molecule has 0 spiro atoms. The number of nitrogens with zero attached hydrogens (tertiary/aromatic N) is 1. The van der Waals surface area contributed by atoms with E-state index in [1.54, 1.807) is 30.3 Å². The van der Waals surface area contributed by atoms with Crippen LogP contribution in [-0.2, 0) is 6.18 Å². The van der Waals surface area contributed by atoms with Crippen LogP contribution in [0, 0.1) is 0 Å². The second-order valence-corrected chi connectivity index (χ2v) is 6.42. The van der Waals surface area contributed by atoms with Gasteiger partial charge >= 0.3 is 6.18 Å². The van der Waals surface area contributed by atoms with E-state index in [-0.39, 0.29) is 5.56 Å². The van der Waals surface area contributed by atoms with Crippen molar-refractivity contribution in [3.63, 3.8) is 0 Å². The number of amides is 1. The molecule has 144 valence electrons. The maximum absolute atomic E-state index is 12.7. The molecule has 1 heterocycles. The highest BCUT2D eigenvalue weighted by Crippen LogP contribution is 2.30. The summed E-state index contributed by atoms with van der Waals surface area (Å²) in [6, 6.07) is 12.3. The molecule has 3 rings (SSSR count). The van der Waals surface area contributed by atoms with E-state index in [9.17, 15) is 18.0 Å². The van der Waals surface area contributed by atoms with E-state index in [1.807, 2.05) is 0 Å². The van der Waals surface area contributed by atoms with Gasteiger partial charge in [0, 0.05) is 11.1 Å². The van der Waals surface area contributed by atoms with Crippen molar-refractivity contribution in [2.24, 2.45) is 5.10 Å². The number of furan rings is 1. The Morgan fingerprint density at radius 1 is 1.04 bits per heavy atom. The number of alkyl halides is 3. The summed E-state index contributed by atoms with van der Waals surface area (Å²) in [5.41, 5.74) is 1.77. The van der Waals surface area contributed by atoms with Gasteiger partial charge in [-0.15, -0.1) is 0 Å². The van der Waals surface area contributed by atoms with E-state index >= 15 is 0 Å². The van der Waals surface area contributed by atoms with Gasteiger partial charge in [0.05, 0.1) is 21.8 Å². The van der Waals surface area contributed by atoms with E-state index < -0.39 is 17.6 Å². The molecule has 1 aromatic heterocycles. The number of carbonyl (C=O) groups excluding carboxylic acids is 1. The van der Waals surface area contributed by atoms with Crippen molar-refractivity contribution >= 4 is 35.3 Å². The van der Waals surface area contributed by atoms with Crippen LogP contribution in [0.15, 0.2) is 64.1 Å². The third kappa shape index (κ3) is 4.74. The van der Waals surface area contributed by atoms with Gasteiger partial charge in [0.25, 0.3) is 5.91 Å². The number of halogens is 5. The minimum Gasteiger partial charge on any atom is -0.455 e. The molecular weight excluding hydrogens is 416 g/mol. The van der Waals surface area contributed by atoms with Crippen molar-refractivity contribution < 1.29 is 22.4 Å². The molecule has 0 saturated carbocycles. The van der Waals surface area contributed by atoms with Gasteiger partial charge in [-0.3, -0.25) is 4.79 Å². The average Bonchev–Trinajstić information content (AvgIpc) is 3.12. The molecule has 0 radical (unpaired) electrons. The van der Waals surface area contributed by atoms with Crippen molar-refractivity contribution in [2.75, 3.05) is 0 Å². The summed E-state index contributed by atoms with van der Waals surface area (Å²) in [7, 11) is 0. The van der Waals surface area contributed by atoms with Gasteiger partial charge in [0.2, 0.25) is 0 Å². The number of carbonyl (C=O) groups is 1. The van der Waals surface area contributed by atoms with Crippen molar-refractivity contribution in [1.82, 2.24) is 5.43 Å². The zero-order valence-corrected chi connectivity index (χ0v) is 15.4. The standard InChI is InChI=1S/C19H11Cl2F3N2O2/c20-15-6-4-11(9-16(15)21)17-7-5-14(28-17)10-25-26-18(27)12-2-1-3-13(8-12)19(22,23)24/h1-10H,(H,26,27)/b25-10-. The highest BCUT2D eigenvalue weighted by molar-refractivity contribution is 6.42. The summed E-state index contributed by atoms with van der Waals surface area (Å²) < 4.78 is 43.7. The molecule has 9 heteroatoms. The van der Waals surface area contributed by atoms with Gasteiger partial charge in [-0.25, -0.2) is 5.43 Å². The highest BCUT2D eigenvalue weighted by Gasteiger charge is 2.30. The van der Waals surface area contributed by atoms with Crippen LogP contribution in [0.2, 0.25) is 10.0 Å². The summed E-state index contributed by atoms with van der Waals surface area (Å²) in [6.45, 7) is 0. The summed E-state index contributed by atoms with van der Waals surface area (Å²) >= 11 is 11.8. The van der Waals surface area contributed by atoms with Crippen LogP contribution in [0.5, 0.6) is 0 Å². The van der Waals surface area contributed by atoms with Crippen LogP contribution in [-0.4, -0.2) is 12.1 Å². The predicted molar refractivity (Wildman–Crippen MR) is 101 cm³/mol. The van der Waals surface area contributed by atoms with E-state index in [0.717, 1.165) is 18.2 Å².